The maximum atomic E-state index is 11.7. The van der Waals surface area contributed by atoms with Gasteiger partial charge in [-0.05, 0) is 18.2 Å². The Morgan fingerprint density at radius 1 is 1.18 bits per heavy atom. The van der Waals surface area contributed by atoms with Crippen molar-refractivity contribution in [2.45, 2.75) is 9.79 Å². The quantitative estimate of drug-likeness (QED) is 0.583. The second-order valence-corrected chi connectivity index (χ2v) is 7.00. The first-order valence-electron chi connectivity index (χ1n) is 4.36. The second kappa shape index (κ2) is 4.26. The van der Waals surface area contributed by atoms with Crippen molar-refractivity contribution in [2.24, 2.45) is 0 Å². The first-order chi connectivity index (χ1) is 7.56. The van der Waals surface area contributed by atoms with Crippen LogP contribution in [0.3, 0.4) is 0 Å². The van der Waals surface area contributed by atoms with Crippen LogP contribution in [0.25, 0.3) is 0 Å². The molecule has 1 rings (SSSR count). The highest BCUT2D eigenvalue weighted by Crippen LogP contribution is 2.23. The zero-order valence-electron chi connectivity index (χ0n) is 9.15. The van der Waals surface area contributed by atoms with Crippen LogP contribution in [-0.2, 0) is 20.1 Å². The van der Waals surface area contributed by atoms with E-state index in [2.05, 4.69) is 0 Å². The lowest BCUT2D eigenvalue weighted by molar-refractivity contribution is 0.483. The molecule has 7 nitrogen and oxygen atoms in total. The first kappa shape index (κ1) is 13.9. The molecule has 0 aliphatic heterocycles. The highest BCUT2D eigenvalue weighted by atomic mass is 32.2. The summed E-state index contributed by atoms with van der Waals surface area (Å²) in [6.45, 7) is 0. The highest BCUT2D eigenvalue weighted by Gasteiger charge is 2.22. The van der Waals surface area contributed by atoms with Gasteiger partial charge >= 0.3 is 0 Å². The molecular weight excluding hydrogens is 268 g/mol. The Bertz CT molecular complexity index is 634. The molecule has 0 atom stereocenters. The Morgan fingerprint density at radius 2 is 1.71 bits per heavy atom. The van der Waals surface area contributed by atoms with Crippen molar-refractivity contribution >= 4 is 25.8 Å². The summed E-state index contributed by atoms with van der Waals surface area (Å²) in [6, 6.07) is 2.90. The van der Waals surface area contributed by atoms with E-state index in [-0.39, 0.29) is 10.6 Å². The molecule has 0 saturated heterocycles. The fraction of sp³-hybridized carbons (Fsp3) is 0.250. The Hall–Kier alpha value is -1.16. The van der Waals surface area contributed by atoms with Gasteiger partial charge in [0.1, 0.15) is 4.90 Å². The van der Waals surface area contributed by atoms with Gasteiger partial charge in [0.15, 0.2) is 0 Å². The van der Waals surface area contributed by atoms with Crippen molar-refractivity contribution in [2.75, 3.05) is 19.8 Å². The molecule has 1 aromatic rings. The minimum Gasteiger partial charge on any atom is -0.398 e. The van der Waals surface area contributed by atoms with Crippen molar-refractivity contribution in [1.29, 1.82) is 0 Å². The van der Waals surface area contributed by atoms with Crippen LogP contribution >= 0.6 is 0 Å². The van der Waals surface area contributed by atoms with E-state index in [4.69, 9.17) is 10.3 Å². The van der Waals surface area contributed by atoms with Gasteiger partial charge < -0.3 is 5.73 Å². The average molecular weight is 280 g/mol. The smallest absolute Gasteiger partial charge is 0.294 e. The predicted octanol–water partition coefficient (Wildman–Crippen LogP) is -0.234. The molecule has 0 amide bonds. The number of sulfonamides is 1. The molecule has 96 valence electrons. The van der Waals surface area contributed by atoms with Crippen LogP contribution in [0, 0.1) is 0 Å². The van der Waals surface area contributed by atoms with Crippen LogP contribution in [0.1, 0.15) is 0 Å². The monoisotopic (exact) mass is 280 g/mol. The lowest BCUT2D eigenvalue weighted by atomic mass is 10.3. The summed E-state index contributed by atoms with van der Waals surface area (Å²) in [4.78, 5) is -0.664. The summed E-state index contributed by atoms with van der Waals surface area (Å²) in [5.41, 5.74) is 5.22. The van der Waals surface area contributed by atoms with E-state index in [1.807, 2.05) is 0 Å². The number of hydrogen-bond acceptors (Lipinski definition) is 5. The van der Waals surface area contributed by atoms with E-state index in [1.165, 1.54) is 14.1 Å². The van der Waals surface area contributed by atoms with Gasteiger partial charge in [-0.15, -0.1) is 0 Å². The number of nitrogen functional groups attached to an aromatic ring is 1. The average Bonchev–Trinajstić information content (AvgIpc) is 2.15. The molecule has 0 saturated carbocycles. The summed E-state index contributed by atoms with van der Waals surface area (Å²) in [5.74, 6) is 0. The summed E-state index contributed by atoms with van der Waals surface area (Å²) < 4.78 is 54.9. The van der Waals surface area contributed by atoms with Crippen LogP contribution in [0.4, 0.5) is 5.69 Å². The number of anilines is 1. The largest absolute Gasteiger partial charge is 0.398 e. The van der Waals surface area contributed by atoms with Crippen LogP contribution in [-0.4, -0.2) is 39.8 Å². The van der Waals surface area contributed by atoms with Crippen molar-refractivity contribution < 1.29 is 21.4 Å². The fourth-order valence-corrected chi connectivity index (χ4v) is 2.62. The first-order valence-corrected chi connectivity index (χ1v) is 7.24. The van der Waals surface area contributed by atoms with Gasteiger partial charge in [0.2, 0.25) is 10.0 Å². The van der Waals surface area contributed by atoms with Crippen molar-refractivity contribution in [3.05, 3.63) is 18.2 Å². The molecule has 0 unspecified atom stereocenters. The Morgan fingerprint density at radius 3 is 2.06 bits per heavy atom. The van der Waals surface area contributed by atoms with Crippen LogP contribution in [0.2, 0.25) is 0 Å². The van der Waals surface area contributed by atoms with E-state index in [0.717, 1.165) is 22.5 Å². The van der Waals surface area contributed by atoms with E-state index in [1.54, 1.807) is 0 Å². The third kappa shape index (κ3) is 2.75. The molecule has 0 fully saturated rings. The van der Waals surface area contributed by atoms with Gasteiger partial charge in [-0.2, -0.15) is 8.42 Å². The molecule has 0 aliphatic rings. The summed E-state index contributed by atoms with van der Waals surface area (Å²) >= 11 is 0. The number of hydrogen-bond donors (Lipinski definition) is 2. The summed E-state index contributed by atoms with van der Waals surface area (Å²) in [5, 5.41) is 0. The number of benzene rings is 1. The Kier molecular flexibility index (Phi) is 3.48. The van der Waals surface area contributed by atoms with Gasteiger partial charge in [-0.1, -0.05) is 0 Å². The third-order valence-corrected chi connectivity index (χ3v) is 4.78. The molecule has 0 bridgehead atoms. The molecule has 0 spiro atoms. The predicted molar refractivity (Wildman–Crippen MR) is 61.5 cm³/mol. The van der Waals surface area contributed by atoms with Crippen molar-refractivity contribution in [1.82, 2.24) is 4.31 Å². The molecular formula is C8H12N2O5S2. The van der Waals surface area contributed by atoms with Crippen LogP contribution in [0.15, 0.2) is 28.0 Å². The van der Waals surface area contributed by atoms with Crippen molar-refractivity contribution in [3.63, 3.8) is 0 Å². The van der Waals surface area contributed by atoms with Gasteiger partial charge in [0, 0.05) is 14.1 Å². The zero-order valence-corrected chi connectivity index (χ0v) is 10.8. The van der Waals surface area contributed by atoms with Gasteiger partial charge in [-0.3, -0.25) is 4.55 Å². The Labute approximate surface area is 99.7 Å². The minimum absolute atomic E-state index is 0.213. The SMILES string of the molecule is CN(C)S(=O)(=O)c1ccc(S(=O)(=O)O)cc1N. The molecule has 3 N–H and O–H groups in total. The molecule has 1 aromatic carbocycles. The highest BCUT2D eigenvalue weighted by molar-refractivity contribution is 7.89. The summed E-state index contributed by atoms with van der Waals surface area (Å²) in [7, 11) is -5.48. The van der Waals surface area contributed by atoms with Crippen molar-refractivity contribution in [3.8, 4) is 0 Å². The van der Waals surface area contributed by atoms with Gasteiger partial charge in [0.25, 0.3) is 10.1 Å². The molecule has 0 aromatic heterocycles. The number of nitrogens with two attached hydrogens (primary N) is 1. The second-order valence-electron chi connectivity index (χ2n) is 3.46. The third-order valence-electron chi connectivity index (χ3n) is 2.04. The van der Waals surface area contributed by atoms with E-state index < -0.39 is 25.0 Å². The normalized spacial score (nSPS) is 12.9. The molecule has 17 heavy (non-hydrogen) atoms. The standard InChI is InChI=1S/C8H12N2O5S2/c1-10(2)16(11,12)8-4-3-6(5-7(8)9)17(13,14)15/h3-5H,9H2,1-2H3,(H,13,14,15). The van der Waals surface area contributed by atoms with Crippen LogP contribution < -0.4 is 5.73 Å². The molecule has 0 radical (unpaired) electrons. The minimum atomic E-state index is -4.40. The molecule has 0 heterocycles. The maximum absolute atomic E-state index is 11.7. The van der Waals surface area contributed by atoms with E-state index in [9.17, 15) is 16.8 Å². The number of nitrogens with zero attached hydrogens (tertiary/aromatic N) is 1. The lowest BCUT2D eigenvalue weighted by Gasteiger charge is -2.13. The molecule has 9 heteroatoms. The topological polar surface area (TPSA) is 118 Å². The number of rotatable bonds is 3. The van der Waals surface area contributed by atoms with E-state index >= 15 is 0 Å². The zero-order chi connectivity index (χ0) is 13.4. The summed E-state index contributed by atoms with van der Waals surface area (Å²) in [6.07, 6.45) is 0. The Balaban J connectivity index is 3.45. The lowest BCUT2D eigenvalue weighted by Crippen LogP contribution is -2.23. The van der Waals surface area contributed by atoms with Gasteiger partial charge in [0.05, 0.1) is 10.6 Å². The maximum Gasteiger partial charge on any atom is 0.294 e. The fourth-order valence-electron chi connectivity index (χ4n) is 1.12. The van der Waals surface area contributed by atoms with Crippen LogP contribution in [0.5, 0.6) is 0 Å². The molecule has 0 aliphatic carbocycles. The van der Waals surface area contributed by atoms with Gasteiger partial charge in [-0.25, -0.2) is 12.7 Å². The van der Waals surface area contributed by atoms with E-state index in [0.29, 0.717) is 0 Å².